The van der Waals surface area contributed by atoms with Crippen molar-refractivity contribution >= 4 is 29.2 Å². The number of nitrogens with one attached hydrogen (secondary N) is 1. The van der Waals surface area contributed by atoms with Gasteiger partial charge in [0.05, 0.1) is 19.3 Å². The molecule has 2 amide bonds. The zero-order chi connectivity index (χ0) is 19.8. The molecule has 0 spiro atoms. The lowest BCUT2D eigenvalue weighted by Crippen LogP contribution is -2.36. The van der Waals surface area contributed by atoms with Crippen LogP contribution in [0.4, 0.5) is 11.4 Å². The first-order valence-corrected chi connectivity index (χ1v) is 8.43. The van der Waals surface area contributed by atoms with Crippen LogP contribution in [0.1, 0.15) is 24.2 Å². The normalized spacial score (nSPS) is 10.0. The molecule has 2 rings (SSSR count). The third-order valence-corrected chi connectivity index (χ3v) is 3.73. The molecule has 0 aromatic heterocycles. The second-order valence-corrected chi connectivity index (χ2v) is 5.65. The van der Waals surface area contributed by atoms with Gasteiger partial charge in [0.1, 0.15) is 12.3 Å². The Labute approximate surface area is 157 Å². The summed E-state index contributed by atoms with van der Waals surface area (Å²) < 4.78 is 10.1. The van der Waals surface area contributed by atoms with Crippen molar-refractivity contribution in [3.8, 4) is 5.75 Å². The number of hydrogen-bond acceptors (Lipinski definition) is 5. The van der Waals surface area contributed by atoms with Crippen LogP contribution in [0.15, 0.2) is 48.5 Å². The molecule has 142 valence electrons. The predicted octanol–water partition coefficient (Wildman–Crippen LogP) is 2.86. The largest absolute Gasteiger partial charge is 0.497 e. The Morgan fingerprint density at radius 1 is 1.07 bits per heavy atom. The molecule has 0 aliphatic carbocycles. The SMILES string of the molecule is CCOC(=O)c1ccc(NC(=O)CN(C(C)=O)c2cccc(OC)c2)cc1. The molecule has 0 heterocycles. The Balaban J connectivity index is 2.05. The number of methoxy groups -OCH3 is 1. The molecule has 27 heavy (non-hydrogen) atoms. The first kappa shape index (κ1) is 20.0. The third-order valence-electron chi connectivity index (χ3n) is 3.73. The highest BCUT2D eigenvalue weighted by molar-refractivity contribution is 6.02. The van der Waals surface area contributed by atoms with E-state index in [-0.39, 0.29) is 18.4 Å². The lowest BCUT2D eigenvalue weighted by Gasteiger charge is -2.21. The summed E-state index contributed by atoms with van der Waals surface area (Å²) in [7, 11) is 1.53. The highest BCUT2D eigenvalue weighted by atomic mass is 16.5. The fourth-order valence-corrected chi connectivity index (χ4v) is 2.41. The first-order valence-electron chi connectivity index (χ1n) is 8.43. The van der Waals surface area contributed by atoms with Crippen LogP contribution in [0.2, 0.25) is 0 Å². The van der Waals surface area contributed by atoms with Crippen molar-refractivity contribution in [2.24, 2.45) is 0 Å². The topological polar surface area (TPSA) is 84.9 Å². The number of rotatable bonds is 7. The van der Waals surface area contributed by atoms with Crippen molar-refractivity contribution in [3.63, 3.8) is 0 Å². The zero-order valence-corrected chi connectivity index (χ0v) is 15.5. The number of esters is 1. The Kier molecular flexibility index (Phi) is 6.93. The van der Waals surface area contributed by atoms with E-state index in [9.17, 15) is 14.4 Å². The molecule has 2 aromatic rings. The maximum atomic E-state index is 12.3. The number of amides is 2. The van der Waals surface area contributed by atoms with Crippen LogP contribution in [0.25, 0.3) is 0 Å². The van der Waals surface area contributed by atoms with Gasteiger partial charge >= 0.3 is 5.97 Å². The molecule has 0 aliphatic rings. The van der Waals surface area contributed by atoms with E-state index in [2.05, 4.69) is 5.32 Å². The summed E-state index contributed by atoms with van der Waals surface area (Å²) in [5, 5.41) is 2.71. The van der Waals surface area contributed by atoms with Gasteiger partial charge in [0.15, 0.2) is 0 Å². The fraction of sp³-hybridized carbons (Fsp3) is 0.250. The number of carbonyl (C=O) groups excluding carboxylic acids is 3. The molecule has 0 fully saturated rings. The fourth-order valence-electron chi connectivity index (χ4n) is 2.41. The highest BCUT2D eigenvalue weighted by Crippen LogP contribution is 2.21. The van der Waals surface area contributed by atoms with E-state index >= 15 is 0 Å². The second kappa shape index (κ2) is 9.38. The summed E-state index contributed by atoms with van der Waals surface area (Å²) >= 11 is 0. The molecule has 0 saturated carbocycles. The van der Waals surface area contributed by atoms with Gasteiger partial charge < -0.3 is 19.7 Å². The van der Waals surface area contributed by atoms with Crippen LogP contribution in [0.3, 0.4) is 0 Å². The van der Waals surface area contributed by atoms with Gasteiger partial charge in [-0.25, -0.2) is 4.79 Å². The van der Waals surface area contributed by atoms with Crippen molar-refractivity contribution in [1.29, 1.82) is 0 Å². The predicted molar refractivity (Wildman–Crippen MR) is 102 cm³/mol. The number of ether oxygens (including phenoxy) is 2. The number of nitrogens with zero attached hydrogens (tertiary/aromatic N) is 1. The smallest absolute Gasteiger partial charge is 0.338 e. The van der Waals surface area contributed by atoms with Crippen LogP contribution in [-0.2, 0) is 14.3 Å². The monoisotopic (exact) mass is 370 g/mol. The van der Waals surface area contributed by atoms with Crippen LogP contribution < -0.4 is 15.0 Å². The van der Waals surface area contributed by atoms with Crippen molar-refractivity contribution in [2.45, 2.75) is 13.8 Å². The summed E-state index contributed by atoms with van der Waals surface area (Å²) in [5.41, 5.74) is 1.48. The number of carbonyl (C=O) groups is 3. The molecule has 0 bridgehead atoms. The Bertz CT molecular complexity index is 817. The average Bonchev–Trinajstić information content (AvgIpc) is 2.66. The molecule has 1 N–H and O–H groups in total. The minimum Gasteiger partial charge on any atom is -0.497 e. The first-order chi connectivity index (χ1) is 12.9. The summed E-state index contributed by atoms with van der Waals surface area (Å²) in [6.07, 6.45) is 0. The molecule has 7 heteroatoms. The number of anilines is 2. The van der Waals surface area contributed by atoms with Gasteiger partial charge in [0.25, 0.3) is 0 Å². The lowest BCUT2D eigenvalue weighted by molar-refractivity contribution is -0.120. The molecule has 0 radical (unpaired) electrons. The highest BCUT2D eigenvalue weighted by Gasteiger charge is 2.17. The van der Waals surface area contributed by atoms with E-state index in [4.69, 9.17) is 9.47 Å². The minimum atomic E-state index is -0.420. The zero-order valence-electron chi connectivity index (χ0n) is 15.5. The summed E-state index contributed by atoms with van der Waals surface area (Å²) in [6.45, 7) is 3.26. The van der Waals surface area contributed by atoms with Gasteiger partial charge in [0, 0.05) is 24.4 Å². The van der Waals surface area contributed by atoms with E-state index in [1.54, 1.807) is 55.5 Å². The van der Waals surface area contributed by atoms with Crippen molar-refractivity contribution in [1.82, 2.24) is 0 Å². The van der Waals surface area contributed by atoms with Crippen molar-refractivity contribution in [3.05, 3.63) is 54.1 Å². The lowest BCUT2D eigenvalue weighted by atomic mass is 10.2. The van der Waals surface area contributed by atoms with Crippen LogP contribution in [-0.4, -0.2) is 38.0 Å². The summed E-state index contributed by atoms with van der Waals surface area (Å²) in [5.74, 6) is -0.460. The van der Waals surface area contributed by atoms with Crippen molar-refractivity contribution < 1.29 is 23.9 Å². The molecule has 0 atom stereocenters. The molecule has 7 nitrogen and oxygen atoms in total. The molecular weight excluding hydrogens is 348 g/mol. The molecular formula is C20H22N2O5. The maximum absolute atomic E-state index is 12.3. The summed E-state index contributed by atoms with van der Waals surface area (Å²) in [6, 6.07) is 13.3. The van der Waals surface area contributed by atoms with Gasteiger partial charge in [-0.1, -0.05) is 6.07 Å². The Hall–Kier alpha value is -3.35. The van der Waals surface area contributed by atoms with Crippen LogP contribution >= 0.6 is 0 Å². The van der Waals surface area contributed by atoms with E-state index < -0.39 is 5.97 Å². The third kappa shape index (κ3) is 5.57. The van der Waals surface area contributed by atoms with Crippen LogP contribution in [0.5, 0.6) is 5.75 Å². The Morgan fingerprint density at radius 3 is 2.37 bits per heavy atom. The van der Waals surface area contributed by atoms with Crippen molar-refractivity contribution in [2.75, 3.05) is 30.5 Å². The molecule has 0 aliphatic heterocycles. The Morgan fingerprint density at radius 2 is 1.78 bits per heavy atom. The van der Waals surface area contributed by atoms with Gasteiger partial charge in [-0.3, -0.25) is 9.59 Å². The molecule has 2 aromatic carbocycles. The van der Waals surface area contributed by atoms with E-state index in [0.717, 1.165) is 0 Å². The number of hydrogen-bond donors (Lipinski definition) is 1. The molecule has 0 unspecified atom stereocenters. The van der Waals surface area contributed by atoms with Gasteiger partial charge in [-0.15, -0.1) is 0 Å². The summed E-state index contributed by atoms with van der Waals surface area (Å²) in [4.78, 5) is 37.3. The van der Waals surface area contributed by atoms with Gasteiger partial charge in [-0.05, 0) is 43.3 Å². The molecule has 0 saturated heterocycles. The van der Waals surface area contributed by atoms with Crippen LogP contribution in [0, 0.1) is 0 Å². The quantitative estimate of drug-likeness (QED) is 0.758. The van der Waals surface area contributed by atoms with E-state index in [0.29, 0.717) is 29.3 Å². The maximum Gasteiger partial charge on any atom is 0.338 e. The van der Waals surface area contributed by atoms with Gasteiger partial charge in [-0.2, -0.15) is 0 Å². The van der Waals surface area contributed by atoms with Gasteiger partial charge in [0.2, 0.25) is 11.8 Å². The standard InChI is InChI=1S/C20H22N2O5/c1-4-27-20(25)15-8-10-16(11-9-15)21-19(24)13-22(14(2)23)17-6-5-7-18(12-17)26-3/h5-12H,4,13H2,1-3H3,(H,21,24). The van der Waals surface area contributed by atoms with E-state index in [1.165, 1.54) is 18.9 Å². The number of benzene rings is 2. The van der Waals surface area contributed by atoms with E-state index in [1.807, 2.05) is 0 Å². The average molecular weight is 370 g/mol. The second-order valence-electron chi connectivity index (χ2n) is 5.65. The minimum absolute atomic E-state index is 0.151.